The Bertz CT molecular complexity index is 482. The third-order valence-corrected chi connectivity index (χ3v) is 2.43. The standard InChI is InChI=1S/C10H10F6N2O3/c1-4(3-6(19)20)2-5-17-18-8(21-5)7(9(11,12)13)10(14,15)16/h4,7H,2-3H2,1H3,(H,19,20). The number of carboxylic acids is 1. The minimum atomic E-state index is -5.62. The van der Waals surface area contributed by atoms with Gasteiger partial charge in [-0.2, -0.15) is 26.3 Å². The fourth-order valence-corrected chi connectivity index (χ4v) is 1.60. The molecule has 0 bridgehead atoms. The number of nitrogens with zero attached hydrogens (tertiary/aromatic N) is 2. The number of halogens is 6. The van der Waals surface area contributed by atoms with Crippen molar-refractivity contribution in [3.8, 4) is 0 Å². The lowest BCUT2D eigenvalue weighted by Crippen LogP contribution is -2.34. The van der Waals surface area contributed by atoms with Gasteiger partial charge in [0.15, 0.2) is 0 Å². The molecule has 0 saturated carbocycles. The Kier molecular flexibility index (Phi) is 4.84. The summed E-state index contributed by atoms with van der Waals surface area (Å²) in [4.78, 5) is 10.4. The quantitative estimate of drug-likeness (QED) is 0.844. The highest BCUT2D eigenvalue weighted by Crippen LogP contribution is 2.45. The molecule has 1 atom stereocenters. The van der Waals surface area contributed by atoms with Gasteiger partial charge in [-0.05, 0) is 5.92 Å². The van der Waals surface area contributed by atoms with Crippen LogP contribution in [0.2, 0.25) is 0 Å². The Hall–Kier alpha value is -1.81. The summed E-state index contributed by atoms with van der Waals surface area (Å²) < 4.78 is 78.9. The van der Waals surface area contributed by atoms with Crippen LogP contribution in [0, 0.1) is 5.92 Å². The molecular formula is C10H10F6N2O3. The molecule has 120 valence electrons. The van der Waals surface area contributed by atoms with Crippen molar-refractivity contribution in [3.05, 3.63) is 11.8 Å². The first-order valence-corrected chi connectivity index (χ1v) is 5.58. The first kappa shape index (κ1) is 17.2. The molecule has 1 aromatic rings. The Balaban J connectivity index is 2.93. The second-order valence-corrected chi connectivity index (χ2v) is 4.46. The van der Waals surface area contributed by atoms with Crippen molar-refractivity contribution in [2.75, 3.05) is 0 Å². The summed E-state index contributed by atoms with van der Waals surface area (Å²) in [5, 5.41) is 14.4. The minimum Gasteiger partial charge on any atom is -0.481 e. The number of hydrogen-bond acceptors (Lipinski definition) is 4. The predicted octanol–water partition coefficient (Wildman–Crippen LogP) is 2.93. The van der Waals surface area contributed by atoms with Gasteiger partial charge in [-0.15, -0.1) is 10.2 Å². The number of aliphatic carboxylic acids is 1. The van der Waals surface area contributed by atoms with Gasteiger partial charge < -0.3 is 9.52 Å². The molecule has 1 aromatic heterocycles. The molecule has 0 spiro atoms. The SMILES string of the molecule is CC(CC(=O)O)Cc1nnc(C(C(F)(F)F)C(F)(F)F)o1. The molecule has 0 aromatic carbocycles. The van der Waals surface area contributed by atoms with Crippen LogP contribution >= 0.6 is 0 Å². The first-order chi connectivity index (χ1) is 9.41. The van der Waals surface area contributed by atoms with E-state index in [1.54, 1.807) is 0 Å². The van der Waals surface area contributed by atoms with Crippen LogP contribution in [0.25, 0.3) is 0 Å². The third-order valence-electron chi connectivity index (χ3n) is 2.43. The second-order valence-electron chi connectivity index (χ2n) is 4.46. The summed E-state index contributed by atoms with van der Waals surface area (Å²) in [5.41, 5.74) is 0. The highest BCUT2D eigenvalue weighted by atomic mass is 19.4. The lowest BCUT2D eigenvalue weighted by Gasteiger charge is -2.19. The maximum absolute atomic E-state index is 12.4. The van der Waals surface area contributed by atoms with Gasteiger partial charge in [0.1, 0.15) is 0 Å². The molecule has 1 rings (SSSR count). The largest absolute Gasteiger partial charge is 0.481 e. The van der Waals surface area contributed by atoms with Crippen molar-refractivity contribution >= 4 is 5.97 Å². The van der Waals surface area contributed by atoms with Crippen LogP contribution in [0.1, 0.15) is 31.0 Å². The highest BCUT2D eigenvalue weighted by molar-refractivity contribution is 5.66. The molecule has 1 unspecified atom stereocenters. The molecule has 0 radical (unpaired) electrons. The molecule has 0 aliphatic rings. The summed E-state index contributed by atoms with van der Waals surface area (Å²) >= 11 is 0. The highest BCUT2D eigenvalue weighted by Gasteiger charge is 2.60. The van der Waals surface area contributed by atoms with Crippen molar-refractivity contribution < 1.29 is 40.7 Å². The Morgan fingerprint density at radius 3 is 2.14 bits per heavy atom. The van der Waals surface area contributed by atoms with Gasteiger partial charge in [0.25, 0.3) is 0 Å². The lowest BCUT2D eigenvalue weighted by atomic mass is 10.0. The fourth-order valence-electron chi connectivity index (χ4n) is 1.60. The van der Waals surface area contributed by atoms with Crippen LogP contribution in [-0.2, 0) is 11.2 Å². The van der Waals surface area contributed by atoms with Gasteiger partial charge in [0.05, 0.1) is 0 Å². The fraction of sp³-hybridized carbons (Fsp3) is 0.700. The van der Waals surface area contributed by atoms with Crippen molar-refractivity contribution in [1.29, 1.82) is 0 Å². The number of alkyl halides is 6. The number of carboxylic acid groups (broad SMARTS) is 1. The summed E-state index contributed by atoms with van der Waals surface area (Å²) in [6.07, 6.45) is -11.8. The topological polar surface area (TPSA) is 76.2 Å². The molecule has 11 heteroatoms. The lowest BCUT2D eigenvalue weighted by molar-refractivity contribution is -0.258. The third kappa shape index (κ3) is 4.90. The summed E-state index contributed by atoms with van der Waals surface area (Å²) in [6, 6.07) is 0. The smallest absolute Gasteiger partial charge is 0.409 e. The van der Waals surface area contributed by atoms with Gasteiger partial charge >= 0.3 is 18.3 Å². The molecule has 0 aliphatic heterocycles. The molecule has 5 nitrogen and oxygen atoms in total. The molecule has 0 amide bonds. The van der Waals surface area contributed by atoms with Gasteiger partial charge in [-0.3, -0.25) is 4.79 Å². The molecule has 0 saturated heterocycles. The number of hydrogen-bond donors (Lipinski definition) is 1. The summed E-state index contributed by atoms with van der Waals surface area (Å²) in [6.45, 7) is 1.43. The molecular weight excluding hydrogens is 310 g/mol. The maximum Gasteiger partial charge on any atom is 0.409 e. The van der Waals surface area contributed by atoms with Gasteiger partial charge in [0, 0.05) is 12.8 Å². The predicted molar refractivity (Wildman–Crippen MR) is 54.3 cm³/mol. The zero-order valence-corrected chi connectivity index (χ0v) is 10.5. The van der Waals surface area contributed by atoms with Crippen LogP contribution < -0.4 is 0 Å². The molecule has 1 heterocycles. The van der Waals surface area contributed by atoms with Crippen molar-refractivity contribution in [2.45, 2.75) is 38.0 Å². The average molecular weight is 320 g/mol. The van der Waals surface area contributed by atoms with E-state index in [-0.39, 0.29) is 12.8 Å². The van der Waals surface area contributed by atoms with Gasteiger partial charge in [-0.1, -0.05) is 6.92 Å². The Labute approximate surface area is 114 Å². The molecule has 0 fully saturated rings. The van der Waals surface area contributed by atoms with E-state index < -0.39 is 41.9 Å². The Morgan fingerprint density at radius 2 is 1.71 bits per heavy atom. The van der Waals surface area contributed by atoms with Gasteiger partial charge in [0.2, 0.25) is 17.7 Å². The van der Waals surface area contributed by atoms with Crippen LogP contribution in [0.5, 0.6) is 0 Å². The zero-order valence-electron chi connectivity index (χ0n) is 10.5. The van der Waals surface area contributed by atoms with Crippen molar-refractivity contribution in [2.24, 2.45) is 5.92 Å². The zero-order chi connectivity index (χ0) is 16.4. The van der Waals surface area contributed by atoms with Crippen LogP contribution in [0.15, 0.2) is 4.42 Å². The van der Waals surface area contributed by atoms with Crippen LogP contribution in [0.4, 0.5) is 26.3 Å². The first-order valence-electron chi connectivity index (χ1n) is 5.58. The number of aromatic nitrogens is 2. The maximum atomic E-state index is 12.4. The van der Waals surface area contributed by atoms with Crippen LogP contribution in [0.3, 0.4) is 0 Å². The summed E-state index contributed by atoms with van der Waals surface area (Å²) in [5.74, 6) is -7.68. The van der Waals surface area contributed by atoms with Crippen molar-refractivity contribution in [1.82, 2.24) is 10.2 Å². The molecule has 21 heavy (non-hydrogen) atoms. The second kappa shape index (κ2) is 5.90. The van der Waals surface area contributed by atoms with E-state index in [0.29, 0.717) is 0 Å². The number of carbonyl (C=O) groups is 1. The van der Waals surface area contributed by atoms with Gasteiger partial charge in [-0.25, -0.2) is 0 Å². The average Bonchev–Trinajstić information content (AvgIpc) is 2.59. The normalized spacial score (nSPS) is 14.5. The Morgan fingerprint density at radius 1 is 1.19 bits per heavy atom. The van der Waals surface area contributed by atoms with E-state index in [1.165, 1.54) is 6.92 Å². The molecule has 0 aliphatic carbocycles. The van der Waals surface area contributed by atoms with Crippen LogP contribution in [-0.4, -0.2) is 33.6 Å². The van der Waals surface area contributed by atoms with E-state index in [9.17, 15) is 31.1 Å². The monoisotopic (exact) mass is 320 g/mol. The van der Waals surface area contributed by atoms with E-state index >= 15 is 0 Å². The minimum absolute atomic E-state index is 0.234. The van der Waals surface area contributed by atoms with E-state index in [2.05, 4.69) is 14.6 Å². The summed E-state index contributed by atoms with van der Waals surface area (Å²) in [7, 11) is 0. The molecule has 1 N–H and O–H groups in total. The van der Waals surface area contributed by atoms with E-state index in [4.69, 9.17) is 5.11 Å². The van der Waals surface area contributed by atoms with Crippen molar-refractivity contribution in [3.63, 3.8) is 0 Å². The van der Waals surface area contributed by atoms with E-state index in [0.717, 1.165) is 0 Å². The van der Waals surface area contributed by atoms with E-state index in [1.807, 2.05) is 0 Å². The number of rotatable bonds is 5.